The van der Waals surface area contributed by atoms with E-state index in [0.717, 1.165) is 17.0 Å². The van der Waals surface area contributed by atoms with Crippen molar-refractivity contribution in [1.29, 1.82) is 0 Å². The van der Waals surface area contributed by atoms with Crippen LogP contribution in [0.2, 0.25) is 0 Å². The zero-order valence-electron chi connectivity index (χ0n) is 9.71. The zero-order chi connectivity index (χ0) is 12.5. The number of ether oxygens (including phenoxy) is 1. The molecular weight excluding hydrogens is 254 g/mol. The molecule has 94 valence electrons. The Balaban J connectivity index is 1.76. The molecule has 3 rings (SSSR count). The minimum Gasteiger partial charge on any atom is -0.375 e. The van der Waals surface area contributed by atoms with Gasteiger partial charge in [-0.3, -0.25) is 14.8 Å². The van der Waals surface area contributed by atoms with E-state index in [2.05, 4.69) is 20.6 Å². The normalized spacial score (nSPS) is 14.3. The largest absolute Gasteiger partial charge is 0.375 e. The van der Waals surface area contributed by atoms with Gasteiger partial charge in [-0.15, -0.1) is 5.10 Å². The lowest BCUT2D eigenvalue weighted by atomic mass is 10.2. The fourth-order valence-electron chi connectivity index (χ4n) is 1.69. The average molecular weight is 265 g/mol. The van der Waals surface area contributed by atoms with Crippen molar-refractivity contribution in [1.82, 2.24) is 20.0 Å². The molecule has 0 atom stereocenters. The van der Waals surface area contributed by atoms with Crippen molar-refractivity contribution < 1.29 is 9.53 Å². The van der Waals surface area contributed by atoms with Gasteiger partial charge in [0.2, 0.25) is 0 Å². The number of nitrogens with zero attached hydrogens (tertiary/aromatic N) is 4. The van der Waals surface area contributed by atoms with Crippen LogP contribution >= 0.6 is 11.3 Å². The van der Waals surface area contributed by atoms with E-state index >= 15 is 0 Å². The summed E-state index contributed by atoms with van der Waals surface area (Å²) in [6, 6.07) is 0. The predicted octanol–water partition coefficient (Wildman–Crippen LogP) is 0.597. The number of thiazole rings is 1. The average Bonchev–Trinajstić information content (AvgIpc) is 2.94. The number of carbonyl (C=O) groups is 1. The third kappa shape index (κ3) is 2.12. The molecule has 7 nitrogen and oxygen atoms in total. The Hall–Kier alpha value is -1.80. The molecule has 1 aliphatic heterocycles. The molecule has 2 aromatic heterocycles. The van der Waals surface area contributed by atoms with Gasteiger partial charge in [0, 0.05) is 13.5 Å². The molecule has 1 amide bonds. The third-order valence-electron chi connectivity index (χ3n) is 2.55. The lowest BCUT2D eigenvalue weighted by Crippen LogP contribution is -2.12. The van der Waals surface area contributed by atoms with Gasteiger partial charge >= 0.3 is 0 Å². The second-order valence-corrected chi connectivity index (χ2v) is 5.01. The molecule has 18 heavy (non-hydrogen) atoms. The Morgan fingerprint density at radius 1 is 1.61 bits per heavy atom. The lowest BCUT2D eigenvalue weighted by Gasteiger charge is -2.08. The van der Waals surface area contributed by atoms with Gasteiger partial charge in [-0.25, -0.2) is 4.98 Å². The maximum absolute atomic E-state index is 11.8. The van der Waals surface area contributed by atoms with Crippen LogP contribution in [-0.2, 0) is 24.8 Å². The first kappa shape index (κ1) is 11.3. The summed E-state index contributed by atoms with van der Waals surface area (Å²) in [5.41, 5.74) is 1.29. The van der Waals surface area contributed by atoms with Gasteiger partial charge in [-0.05, 0) is 0 Å². The van der Waals surface area contributed by atoms with E-state index in [0.29, 0.717) is 18.3 Å². The SMILES string of the molecule is Cn1cc(C(=O)Nc2nc3c(s2)COCC3)nn1. The quantitative estimate of drug-likeness (QED) is 0.859. The standard InChI is InChI=1S/C10H11N5O2S/c1-15-4-7(13-14-15)9(16)12-10-11-6-2-3-17-5-8(6)18-10/h4H,2-3,5H2,1H3,(H,11,12,16). The summed E-state index contributed by atoms with van der Waals surface area (Å²) in [5.74, 6) is -0.296. The molecule has 0 radical (unpaired) electrons. The van der Waals surface area contributed by atoms with E-state index in [9.17, 15) is 4.79 Å². The monoisotopic (exact) mass is 265 g/mol. The molecule has 1 N–H and O–H groups in total. The number of amides is 1. The van der Waals surface area contributed by atoms with Crippen LogP contribution < -0.4 is 5.32 Å². The van der Waals surface area contributed by atoms with Crippen molar-refractivity contribution >= 4 is 22.4 Å². The smallest absolute Gasteiger partial charge is 0.279 e. The Labute approximate surface area is 107 Å². The topological polar surface area (TPSA) is 81.9 Å². The van der Waals surface area contributed by atoms with Crippen LogP contribution in [0.5, 0.6) is 0 Å². The number of aromatic nitrogens is 4. The molecule has 0 aliphatic carbocycles. The van der Waals surface area contributed by atoms with Crippen molar-refractivity contribution in [3.05, 3.63) is 22.5 Å². The van der Waals surface area contributed by atoms with Gasteiger partial charge in [0.05, 0.1) is 30.0 Å². The summed E-state index contributed by atoms with van der Waals surface area (Å²) >= 11 is 1.44. The Morgan fingerprint density at radius 2 is 2.50 bits per heavy atom. The van der Waals surface area contributed by atoms with Crippen LogP contribution in [0.3, 0.4) is 0 Å². The molecule has 0 spiro atoms. The summed E-state index contributed by atoms with van der Waals surface area (Å²) in [6.07, 6.45) is 2.36. The lowest BCUT2D eigenvalue weighted by molar-refractivity contribution is 0.102. The highest BCUT2D eigenvalue weighted by Crippen LogP contribution is 2.27. The van der Waals surface area contributed by atoms with Gasteiger partial charge in [0.15, 0.2) is 10.8 Å². The maximum Gasteiger partial charge on any atom is 0.279 e. The van der Waals surface area contributed by atoms with Crippen molar-refractivity contribution in [3.8, 4) is 0 Å². The van der Waals surface area contributed by atoms with E-state index in [1.54, 1.807) is 13.2 Å². The summed E-state index contributed by atoms with van der Waals surface area (Å²) in [5, 5.41) is 10.8. The molecule has 0 saturated heterocycles. The van der Waals surface area contributed by atoms with E-state index in [1.807, 2.05) is 0 Å². The second-order valence-electron chi connectivity index (χ2n) is 3.92. The van der Waals surface area contributed by atoms with Crippen LogP contribution in [-0.4, -0.2) is 32.5 Å². The van der Waals surface area contributed by atoms with Crippen LogP contribution in [0.15, 0.2) is 6.20 Å². The second kappa shape index (κ2) is 4.46. The number of rotatable bonds is 2. The van der Waals surface area contributed by atoms with Crippen LogP contribution in [0.4, 0.5) is 5.13 Å². The summed E-state index contributed by atoms with van der Waals surface area (Å²) in [7, 11) is 1.71. The molecule has 0 bridgehead atoms. The van der Waals surface area contributed by atoms with Gasteiger partial charge in [-0.2, -0.15) is 0 Å². The summed E-state index contributed by atoms with van der Waals surface area (Å²) < 4.78 is 6.82. The third-order valence-corrected chi connectivity index (χ3v) is 3.54. The highest BCUT2D eigenvalue weighted by molar-refractivity contribution is 7.15. The molecule has 2 aromatic rings. The van der Waals surface area contributed by atoms with Gasteiger partial charge in [0.1, 0.15) is 0 Å². The molecule has 8 heteroatoms. The van der Waals surface area contributed by atoms with E-state index in [-0.39, 0.29) is 11.6 Å². The van der Waals surface area contributed by atoms with Gasteiger partial charge < -0.3 is 4.74 Å². The zero-order valence-corrected chi connectivity index (χ0v) is 10.5. The molecule has 3 heterocycles. The minimum absolute atomic E-state index is 0.280. The highest BCUT2D eigenvalue weighted by Gasteiger charge is 2.18. The van der Waals surface area contributed by atoms with Crippen molar-refractivity contribution in [3.63, 3.8) is 0 Å². The molecule has 0 aromatic carbocycles. The number of carbonyl (C=O) groups excluding carboxylic acids is 1. The van der Waals surface area contributed by atoms with Crippen molar-refractivity contribution in [2.75, 3.05) is 11.9 Å². The molecular formula is C10H11N5O2S. The maximum atomic E-state index is 11.8. The van der Waals surface area contributed by atoms with E-state index in [4.69, 9.17) is 4.74 Å². The van der Waals surface area contributed by atoms with Crippen molar-refractivity contribution in [2.24, 2.45) is 7.05 Å². The first-order valence-electron chi connectivity index (χ1n) is 5.46. The van der Waals surface area contributed by atoms with Crippen LogP contribution in [0, 0.1) is 0 Å². The highest BCUT2D eigenvalue weighted by atomic mass is 32.1. The number of aryl methyl sites for hydroxylation is 1. The fraction of sp³-hybridized carbons (Fsp3) is 0.400. The number of fused-ring (bicyclic) bond motifs is 1. The molecule has 0 unspecified atom stereocenters. The summed E-state index contributed by atoms with van der Waals surface area (Å²) in [4.78, 5) is 17.3. The first-order valence-corrected chi connectivity index (χ1v) is 6.28. The van der Waals surface area contributed by atoms with E-state index < -0.39 is 0 Å². The minimum atomic E-state index is -0.296. The van der Waals surface area contributed by atoms with Gasteiger partial charge in [0.25, 0.3) is 5.91 Å². The van der Waals surface area contributed by atoms with Crippen molar-refractivity contribution in [2.45, 2.75) is 13.0 Å². The van der Waals surface area contributed by atoms with Crippen LogP contribution in [0.25, 0.3) is 0 Å². The predicted molar refractivity (Wildman–Crippen MR) is 64.4 cm³/mol. The van der Waals surface area contributed by atoms with Crippen LogP contribution in [0.1, 0.15) is 21.1 Å². The van der Waals surface area contributed by atoms with E-state index in [1.165, 1.54) is 16.0 Å². The number of nitrogens with one attached hydrogen (secondary N) is 1. The Kier molecular flexibility index (Phi) is 2.80. The molecule has 0 fully saturated rings. The molecule has 1 aliphatic rings. The first-order chi connectivity index (χ1) is 8.72. The Bertz CT molecular complexity index is 567. The molecule has 0 saturated carbocycles. The number of hydrogen-bond donors (Lipinski definition) is 1. The Morgan fingerprint density at radius 3 is 3.22 bits per heavy atom. The number of hydrogen-bond acceptors (Lipinski definition) is 6. The summed E-state index contributed by atoms with van der Waals surface area (Å²) in [6.45, 7) is 1.27. The van der Waals surface area contributed by atoms with Gasteiger partial charge in [-0.1, -0.05) is 16.6 Å². The fourth-order valence-corrected chi connectivity index (χ4v) is 2.63. The number of anilines is 1.